The predicted octanol–water partition coefficient (Wildman–Crippen LogP) is 1.10. The van der Waals surface area contributed by atoms with E-state index in [0.29, 0.717) is 4.31 Å². The second-order valence-electron chi connectivity index (χ2n) is 4.25. The van der Waals surface area contributed by atoms with E-state index in [1.54, 1.807) is 6.07 Å². The summed E-state index contributed by atoms with van der Waals surface area (Å²) in [5, 5.41) is 17.8. The number of aryl methyl sites for hydroxylation is 1. The summed E-state index contributed by atoms with van der Waals surface area (Å²) in [5.41, 5.74) is -0.307. The minimum atomic E-state index is -4.21. The molecule has 20 heavy (non-hydrogen) atoms. The molecule has 0 bridgehead atoms. The van der Waals surface area contributed by atoms with Gasteiger partial charge in [0.25, 0.3) is 0 Å². The molecule has 1 aromatic carbocycles. The molecule has 0 spiro atoms. The number of hydrogen-bond donors (Lipinski definition) is 1. The van der Waals surface area contributed by atoms with Crippen LogP contribution in [0.3, 0.4) is 0 Å². The van der Waals surface area contributed by atoms with Crippen molar-refractivity contribution in [2.45, 2.75) is 24.8 Å². The van der Waals surface area contributed by atoms with Crippen LogP contribution in [0.4, 0.5) is 4.39 Å². The van der Waals surface area contributed by atoms with Crippen molar-refractivity contribution in [2.24, 2.45) is 0 Å². The van der Waals surface area contributed by atoms with Crippen LogP contribution in [0.5, 0.6) is 0 Å². The molecule has 0 aliphatic rings. The maximum Gasteiger partial charge on any atom is 0.321 e. The van der Waals surface area contributed by atoms with Crippen LogP contribution in [-0.2, 0) is 14.8 Å². The zero-order valence-corrected chi connectivity index (χ0v) is 11.9. The zero-order chi connectivity index (χ0) is 15.7. The Morgan fingerprint density at radius 2 is 2.05 bits per heavy atom. The molecule has 1 atom stereocenters. The average Bonchev–Trinajstić information content (AvgIpc) is 2.35. The van der Waals surface area contributed by atoms with Crippen LogP contribution in [0, 0.1) is 24.1 Å². The average molecular weight is 300 g/mol. The fourth-order valence-electron chi connectivity index (χ4n) is 1.66. The number of aliphatic carboxylic acids is 1. The molecule has 0 fully saturated rings. The molecule has 0 saturated carbocycles. The van der Waals surface area contributed by atoms with Gasteiger partial charge in [-0.05, 0) is 31.5 Å². The van der Waals surface area contributed by atoms with Crippen LogP contribution < -0.4 is 0 Å². The van der Waals surface area contributed by atoms with Gasteiger partial charge in [-0.15, -0.1) is 0 Å². The Kier molecular flexibility index (Phi) is 4.47. The number of nitrogens with zero attached hydrogens (tertiary/aromatic N) is 2. The highest BCUT2D eigenvalue weighted by molar-refractivity contribution is 7.89. The lowest BCUT2D eigenvalue weighted by molar-refractivity contribution is -0.140. The van der Waals surface area contributed by atoms with Crippen LogP contribution in [-0.4, -0.2) is 36.9 Å². The number of carboxylic acid groups (broad SMARTS) is 1. The van der Waals surface area contributed by atoms with Crippen molar-refractivity contribution in [1.82, 2.24) is 4.31 Å². The zero-order valence-electron chi connectivity index (χ0n) is 11.1. The summed E-state index contributed by atoms with van der Waals surface area (Å²) in [6, 6.07) is 2.09. The number of halogens is 1. The molecule has 1 aromatic rings. The van der Waals surface area contributed by atoms with Crippen LogP contribution in [0.15, 0.2) is 17.0 Å². The van der Waals surface area contributed by atoms with Gasteiger partial charge in [0.2, 0.25) is 10.0 Å². The Labute approximate surface area is 116 Å². The van der Waals surface area contributed by atoms with Crippen molar-refractivity contribution in [3.63, 3.8) is 0 Å². The van der Waals surface area contributed by atoms with Crippen LogP contribution in [0.1, 0.15) is 18.1 Å². The first-order chi connectivity index (χ1) is 9.12. The molecule has 0 aliphatic heterocycles. The van der Waals surface area contributed by atoms with Gasteiger partial charge < -0.3 is 5.11 Å². The smallest absolute Gasteiger partial charge is 0.321 e. The molecule has 0 aliphatic carbocycles. The Bertz CT molecular complexity index is 694. The minimum Gasteiger partial charge on any atom is -0.480 e. The molecule has 0 heterocycles. The first-order valence-electron chi connectivity index (χ1n) is 5.54. The van der Waals surface area contributed by atoms with Gasteiger partial charge in [0.1, 0.15) is 22.8 Å². The number of rotatable bonds is 4. The number of hydrogen-bond acceptors (Lipinski definition) is 4. The van der Waals surface area contributed by atoms with E-state index in [2.05, 4.69) is 0 Å². The van der Waals surface area contributed by atoms with E-state index >= 15 is 0 Å². The molecule has 1 unspecified atom stereocenters. The number of nitriles is 1. The van der Waals surface area contributed by atoms with Crippen LogP contribution >= 0.6 is 0 Å². The first-order valence-corrected chi connectivity index (χ1v) is 6.98. The fraction of sp³-hybridized carbons (Fsp3) is 0.333. The molecule has 1 N–H and O–H groups in total. The van der Waals surface area contributed by atoms with Gasteiger partial charge in [-0.3, -0.25) is 4.79 Å². The van der Waals surface area contributed by atoms with E-state index < -0.39 is 27.9 Å². The summed E-state index contributed by atoms with van der Waals surface area (Å²) in [6.07, 6.45) is 0. The monoisotopic (exact) mass is 300 g/mol. The lowest BCUT2D eigenvalue weighted by Crippen LogP contribution is -2.40. The Balaban J connectivity index is 3.52. The Morgan fingerprint density at radius 1 is 1.50 bits per heavy atom. The lowest BCUT2D eigenvalue weighted by Gasteiger charge is -2.22. The van der Waals surface area contributed by atoms with E-state index in [4.69, 9.17) is 10.4 Å². The van der Waals surface area contributed by atoms with E-state index in [0.717, 1.165) is 19.2 Å². The van der Waals surface area contributed by atoms with E-state index in [1.807, 2.05) is 0 Å². The molecule has 8 heteroatoms. The summed E-state index contributed by atoms with van der Waals surface area (Å²) < 4.78 is 38.6. The predicted molar refractivity (Wildman–Crippen MR) is 67.9 cm³/mol. The third-order valence-corrected chi connectivity index (χ3v) is 5.03. The normalized spacial score (nSPS) is 13.0. The molecule has 108 valence electrons. The molecular weight excluding hydrogens is 287 g/mol. The van der Waals surface area contributed by atoms with Gasteiger partial charge in [-0.1, -0.05) is 0 Å². The highest BCUT2D eigenvalue weighted by atomic mass is 32.2. The summed E-state index contributed by atoms with van der Waals surface area (Å²) in [4.78, 5) is 10.5. The second-order valence-corrected chi connectivity index (χ2v) is 6.18. The standard InChI is InChI=1S/C12H13FN2O4S/c1-7-4-10(13)5-9(6-14)11(7)20(18,19)15(3)8(2)12(16)17/h4-5,8H,1-3H3,(H,16,17). The summed E-state index contributed by atoms with van der Waals surface area (Å²) in [6.45, 7) is 2.54. The Morgan fingerprint density at radius 3 is 2.50 bits per heavy atom. The fourth-order valence-corrected chi connectivity index (χ4v) is 3.31. The van der Waals surface area contributed by atoms with Crippen LogP contribution in [0.2, 0.25) is 0 Å². The minimum absolute atomic E-state index is 0.0472. The van der Waals surface area contributed by atoms with Gasteiger partial charge in [-0.25, -0.2) is 12.8 Å². The highest BCUT2D eigenvalue weighted by Crippen LogP contribution is 2.25. The number of carbonyl (C=O) groups is 1. The summed E-state index contributed by atoms with van der Waals surface area (Å²) in [5.74, 6) is -2.05. The maximum atomic E-state index is 13.2. The number of benzene rings is 1. The van der Waals surface area contributed by atoms with Gasteiger partial charge in [0.05, 0.1) is 5.56 Å². The van der Waals surface area contributed by atoms with E-state index in [9.17, 15) is 17.6 Å². The molecule has 6 nitrogen and oxygen atoms in total. The van der Waals surface area contributed by atoms with Gasteiger partial charge in [-0.2, -0.15) is 9.57 Å². The summed E-state index contributed by atoms with van der Waals surface area (Å²) >= 11 is 0. The molecule has 0 aromatic heterocycles. The number of likely N-dealkylation sites (N-methyl/N-ethyl adjacent to an activating group) is 1. The van der Waals surface area contributed by atoms with Gasteiger partial charge in [0, 0.05) is 7.05 Å². The number of sulfonamides is 1. The highest BCUT2D eigenvalue weighted by Gasteiger charge is 2.32. The molecule has 0 saturated heterocycles. The summed E-state index contributed by atoms with van der Waals surface area (Å²) in [7, 11) is -3.11. The number of carboxylic acids is 1. The second kappa shape index (κ2) is 5.56. The van der Waals surface area contributed by atoms with Crippen molar-refractivity contribution < 1.29 is 22.7 Å². The molecular formula is C12H13FN2O4S. The van der Waals surface area contributed by atoms with E-state index in [1.165, 1.54) is 13.8 Å². The van der Waals surface area contributed by atoms with Crippen LogP contribution in [0.25, 0.3) is 0 Å². The van der Waals surface area contributed by atoms with E-state index in [-0.39, 0.29) is 16.0 Å². The molecule has 1 rings (SSSR count). The quantitative estimate of drug-likeness (QED) is 0.897. The van der Waals surface area contributed by atoms with Crippen molar-refractivity contribution >= 4 is 16.0 Å². The SMILES string of the molecule is Cc1cc(F)cc(C#N)c1S(=O)(=O)N(C)C(C)C(=O)O. The topological polar surface area (TPSA) is 98.5 Å². The third kappa shape index (κ3) is 2.79. The lowest BCUT2D eigenvalue weighted by atomic mass is 10.1. The van der Waals surface area contributed by atoms with Crippen molar-refractivity contribution in [1.29, 1.82) is 5.26 Å². The Hall–Kier alpha value is -1.98. The maximum absolute atomic E-state index is 13.2. The van der Waals surface area contributed by atoms with Gasteiger partial charge in [0.15, 0.2) is 0 Å². The molecule has 0 amide bonds. The molecule has 0 radical (unpaired) electrons. The largest absolute Gasteiger partial charge is 0.480 e. The van der Waals surface area contributed by atoms with Crippen molar-refractivity contribution in [2.75, 3.05) is 7.05 Å². The van der Waals surface area contributed by atoms with Crippen molar-refractivity contribution in [3.05, 3.63) is 29.1 Å². The third-order valence-electron chi connectivity index (χ3n) is 2.90. The van der Waals surface area contributed by atoms with Gasteiger partial charge >= 0.3 is 5.97 Å². The van der Waals surface area contributed by atoms with Crippen molar-refractivity contribution in [3.8, 4) is 6.07 Å². The first kappa shape index (κ1) is 16.1.